The predicted octanol–water partition coefficient (Wildman–Crippen LogP) is 0.678. The maximum atomic E-state index is 5.91. The molecule has 1 atom stereocenters. The Labute approximate surface area is 86.1 Å². The van der Waals surface area contributed by atoms with Gasteiger partial charge in [-0.05, 0) is 12.8 Å². The average Bonchev–Trinajstić information content (AvgIpc) is 2.15. The van der Waals surface area contributed by atoms with Crippen LogP contribution < -0.4 is 5.73 Å². The Bertz CT molecular complexity index is 204. The quantitative estimate of drug-likeness (QED) is 0.525. The summed E-state index contributed by atoms with van der Waals surface area (Å²) in [6.07, 6.45) is 0. The Morgan fingerprint density at radius 1 is 1.64 bits per heavy atom. The number of nitrogens with zero attached hydrogens (tertiary/aromatic N) is 2. The summed E-state index contributed by atoms with van der Waals surface area (Å²) in [4.78, 5) is 6.48. The Balaban J connectivity index is 2.48. The molecule has 1 aliphatic rings. The van der Waals surface area contributed by atoms with Crippen LogP contribution in [0.3, 0.4) is 0 Å². The summed E-state index contributed by atoms with van der Waals surface area (Å²) in [6.45, 7) is 9.54. The second kappa shape index (κ2) is 5.20. The Morgan fingerprint density at radius 2 is 2.36 bits per heavy atom. The lowest BCUT2D eigenvalue weighted by atomic mass is 10.2. The van der Waals surface area contributed by atoms with Gasteiger partial charge in [0.25, 0.3) is 0 Å². The minimum Gasteiger partial charge on any atom is -0.377 e. The van der Waals surface area contributed by atoms with E-state index >= 15 is 0 Å². The molecule has 14 heavy (non-hydrogen) atoms. The monoisotopic (exact) mass is 199 g/mol. The van der Waals surface area contributed by atoms with Crippen LogP contribution in [-0.2, 0) is 4.74 Å². The second-order valence-electron chi connectivity index (χ2n) is 4.21. The number of hydrogen-bond donors (Lipinski definition) is 1. The van der Waals surface area contributed by atoms with Gasteiger partial charge in [0, 0.05) is 13.1 Å². The van der Waals surface area contributed by atoms with Crippen LogP contribution in [0.1, 0.15) is 20.8 Å². The Morgan fingerprint density at radius 3 is 2.93 bits per heavy atom. The van der Waals surface area contributed by atoms with E-state index in [1.807, 2.05) is 0 Å². The average molecular weight is 199 g/mol. The lowest BCUT2D eigenvalue weighted by Crippen LogP contribution is -2.50. The molecule has 1 rings (SSSR count). The van der Waals surface area contributed by atoms with Gasteiger partial charge in [-0.25, -0.2) is 0 Å². The molecule has 2 N–H and O–H groups in total. The zero-order valence-electron chi connectivity index (χ0n) is 9.36. The molecule has 0 aliphatic carbocycles. The van der Waals surface area contributed by atoms with Gasteiger partial charge < -0.3 is 15.4 Å². The van der Waals surface area contributed by atoms with Crippen molar-refractivity contribution in [3.8, 4) is 0 Å². The van der Waals surface area contributed by atoms with E-state index in [2.05, 4.69) is 30.7 Å². The van der Waals surface area contributed by atoms with Crippen LogP contribution in [0.15, 0.2) is 4.99 Å². The van der Waals surface area contributed by atoms with Crippen molar-refractivity contribution in [1.29, 1.82) is 0 Å². The van der Waals surface area contributed by atoms with E-state index in [-0.39, 0.29) is 0 Å². The number of ether oxygens (including phenoxy) is 1. The van der Waals surface area contributed by atoms with Crippen LogP contribution in [-0.4, -0.2) is 43.2 Å². The van der Waals surface area contributed by atoms with Crippen LogP contribution in [0.5, 0.6) is 0 Å². The maximum Gasteiger partial charge on any atom is 0.191 e. The van der Waals surface area contributed by atoms with Crippen LogP contribution in [0.2, 0.25) is 0 Å². The van der Waals surface area contributed by atoms with Crippen molar-refractivity contribution in [1.82, 2.24) is 4.90 Å². The highest BCUT2D eigenvalue weighted by Crippen LogP contribution is 2.05. The van der Waals surface area contributed by atoms with E-state index < -0.39 is 0 Å². The molecule has 1 saturated heterocycles. The number of morpholine rings is 1. The van der Waals surface area contributed by atoms with Crippen LogP contribution in [0.4, 0.5) is 0 Å². The molecular formula is C10H21N3O. The largest absolute Gasteiger partial charge is 0.377 e. The normalized spacial score (nSPS) is 24.4. The van der Waals surface area contributed by atoms with Crippen LogP contribution in [0.25, 0.3) is 0 Å². The topological polar surface area (TPSA) is 50.8 Å². The van der Waals surface area contributed by atoms with Crippen molar-refractivity contribution in [2.75, 3.05) is 26.3 Å². The summed E-state index contributed by atoms with van der Waals surface area (Å²) in [5, 5.41) is 0. The van der Waals surface area contributed by atoms with Crippen molar-refractivity contribution in [3.05, 3.63) is 0 Å². The van der Waals surface area contributed by atoms with E-state index in [0.29, 0.717) is 17.9 Å². The smallest absolute Gasteiger partial charge is 0.191 e. The highest BCUT2D eigenvalue weighted by atomic mass is 16.5. The van der Waals surface area contributed by atoms with E-state index in [9.17, 15) is 0 Å². The van der Waals surface area contributed by atoms with Gasteiger partial charge in [-0.1, -0.05) is 13.8 Å². The first kappa shape index (κ1) is 11.3. The van der Waals surface area contributed by atoms with Crippen LogP contribution >= 0.6 is 0 Å². The summed E-state index contributed by atoms with van der Waals surface area (Å²) >= 11 is 0. The van der Waals surface area contributed by atoms with Crippen molar-refractivity contribution in [2.24, 2.45) is 16.6 Å². The first-order valence-electron chi connectivity index (χ1n) is 5.25. The molecule has 0 bridgehead atoms. The van der Waals surface area contributed by atoms with Gasteiger partial charge in [0.1, 0.15) is 0 Å². The van der Waals surface area contributed by atoms with Crippen molar-refractivity contribution >= 4 is 5.96 Å². The molecule has 0 spiro atoms. The molecule has 0 aromatic rings. The third kappa shape index (κ3) is 3.18. The fourth-order valence-corrected chi connectivity index (χ4v) is 1.43. The van der Waals surface area contributed by atoms with Gasteiger partial charge in [-0.3, -0.25) is 4.99 Å². The molecule has 1 aliphatic heterocycles. The SMILES string of the molecule is CC(C)CN=C(N)N1CCOCC1C. The van der Waals surface area contributed by atoms with Crippen molar-refractivity contribution in [3.63, 3.8) is 0 Å². The fraction of sp³-hybridized carbons (Fsp3) is 0.900. The molecule has 1 heterocycles. The minimum atomic E-state index is 0.347. The first-order chi connectivity index (χ1) is 6.61. The summed E-state index contributed by atoms with van der Waals surface area (Å²) in [5.74, 6) is 1.22. The number of aliphatic imine (C=N–C) groups is 1. The summed E-state index contributed by atoms with van der Waals surface area (Å²) in [7, 11) is 0. The van der Waals surface area contributed by atoms with Gasteiger partial charge >= 0.3 is 0 Å². The predicted molar refractivity (Wildman–Crippen MR) is 58.3 cm³/mol. The van der Waals surface area contributed by atoms with Gasteiger partial charge in [0.15, 0.2) is 5.96 Å². The van der Waals surface area contributed by atoms with Gasteiger partial charge in [-0.2, -0.15) is 0 Å². The first-order valence-corrected chi connectivity index (χ1v) is 5.25. The van der Waals surface area contributed by atoms with Gasteiger partial charge in [-0.15, -0.1) is 0 Å². The van der Waals surface area contributed by atoms with Gasteiger partial charge in [0.05, 0.1) is 19.3 Å². The lowest BCUT2D eigenvalue weighted by Gasteiger charge is -2.34. The molecule has 82 valence electrons. The molecule has 0 amide bonds. The van der Waals surface area contributed by atoms with Crippen molar-refractivity contribution < 1.29 is 4.74 Å². The van der Waals surface area contributed by atoms with E-state index in [0.717, 1.165) is 26.3 Å². The highest BCUT2D eigenvalue weighted by Gasteiger charge is 2.19. The molecule has 1 unspecified atom stereocenters. The number of nitrogens with two attached hydrogens (primary N) is 1. The third-order valence-electron chi connectivity index (χ3n) is 2.28. The van der Waals surface area contributed by atoms with Crippen LogP contribution in [0, 0.1) is 5.92 Å². The molecule has 0 aromatic carbocycles. The number of rotatable bonds is 2. The Hall–Kier alpha value is -0.770. The molecule has 4 heteroatoms. The molecule has 0 aromatic heterocycles. The molecular weight excluding hydrogens is 178 g/mol. The van der Waals surface area contributed by atoms with Crippen molar-refractivity contribution in [2.45, 2.75) is 26.8 Å². The Kier molecular flexibility index (Phi) is 4.20. The van der Waals surface area contributed by atoms with E-state index in [1.54, 1.807) is 0 Å². The number of guanidine groups is 1. The van der Waals surface area contributed by atoms with Gasteiger partial charge in [0.2, 0.25) is 0 Å². The molecule has 0 radical (unpaired) electrons. The maximum absolute atomic E-state index is 5.91. The summed E-state index contributed by atoms with van der Waals surface area (Å²) < 4.78 is 5.34. The molecule has 4 nitrogen and oxygen atoms in total. The standard InChI is InChI=1S/C10H21N3O/c1-8(2)6-12-10(11)13-4-5-14-7-9(13)3/h8-9H,4-7H2,1-3H3,(H2,11,12). The number of hydrogen-bond acceptors (Lipinski definition) is 2. The zero-order chi connectivity index (χ0) is 10.6. The summed E-state index contributed by atoms with van der Waals surface area (Å²) in [6, 6.07) is 0.347. The highest BCUT2D eigenvalue weighted by molar-refractivity contribution is 5.78. The lowest BCUT2D eigenvalue weighted by molar-refractivity contribution is 0.0325. The zero-order valence-corrected chi connectivity index (χ0v) is 9.36. The summed E-state index contributed by atoms with van der Waals surface area (Å²) in [5.41, 5.74) is 5.91. The van der Waals surface area contributed by atoms with E-state index in [4.69, 9.17) is 10.5 Å². The third-order valence-corrected chi connectivity index (χ3v) is 2.28. The molecule has 0 saturated carbocycles. The van der Waals surface area contributed by atoms with E-state index in [1.165, 1.54) is 0 Å². The fourth-order valence-electron chi connectivity index (χ4n) is 1.43. The second-order valence-corrected chi connectivity index (χ2v) is 4.21. The molecule has 1 fully saturated rings. The minimum absolute atomic E-state index is 0.347.